The van der Waals surface area contributed by atoms with E-state index >= 15 is 0 Å². The lowest BCUT2D eigenvalue weighted by atomic mass is 9.93. The molecule has 1 saturated carbocycles. The van der Waals surface area contributed by atoms with Gasteiger partial charge in [-0.05, 0) is 37.0 Å². The molecule has 4 rings (SSSR count). The molecule has 2 atom stereocenters. The molecule has 0 bridgehead atoms. The number of Topliss-reactive ketones (excluding diaryl/α,β-unsaturated/α-hetero) is 1. The SMILES string of the molecule is O=C(C1CC1)C(c1ccccc1F)N1CCC(S)C(=Cc2nccs2)C1. The fraction of sp³-hybridized carbons (Fsp3) is 0.400. The number of aromatic nitrogens is 1. The summed E-state index contributed by atoms with van der Waals surface area (Å²) in [6, 6.07) is 6.16. The average Bonchev–Trinajstić information content (AvgIpc) is 3.37. The van der Waals surface area contributed by atoms with Crippen LogP contribution in [0.15, 0.2) is 41.4 Å². The summed E-state index contributed by atoms with van der Waals surface area (Å²) in [5.74, 6) is -0.0639. The van der Waals surface area contributed by atoms with Crippen molar-refractivity contribution < 1.29 is 9.18 Å². The van der Waals surface area contributed by atoms with E-state index in [1.807, 2.05) is 11.4 Å². The molecule has 2 aliphatic rings. The van der Waals surface area contributed by atoms with Crippen LogP contribution in [0.1, 0.15) is 35.9 Å². The largest absolute Gasteiger partial charge is 0.297 e. The lowest BCUT2D eigenvalue weighted by Gasteiger charge is -2.37. The molecule has 26 heavy (non-hydrogen) atoms. The molecule has 2 heterocycles. The molecular weight excluding hydrogens is 367 g/mol. The van der Waals surface area contributed by atoms with Crippen LogP contribution in [0.5, 0.6) is 0 Å². The van der Waals surface area contributed by atoms with Gasteiger partial charge in [-0.3, -0.25) is 9.69 Å². The van der Waals surface area contributed by atoms with E-state index in [1.54, 1.807) is 29.7 Å². The third-order valence-electron chi connectivity index (χ3n) is 5.08. The van der Waals surface area contributed by atoms with Crippen LogP contribution >= 0.6 is 24.0 Å². The summed E-state index contributed by atoms with van der Waals surface area (Å²) < 4.78 is 14.5. The van der Waals surface area contributed by atoms with Crippen LogP contribution in [0.25, 0.3) is 6.08 Å². The Morgan fingerprint density at radius 2 is 2.15 bits per heavy atom. The minimum absolute atomic E-state index is 0.0831. The van der Waals surface area contributed by atoms with Gasteiger partial charge in [0.2, 0.25) is 0 Å². The lowest BCUT2D eigenvalue weighted by Crippen LogP contribution is -2.42. The summed E-state index contributed by atoms with van der Waals surface area (Å²) in [4.78, 5) is 19.4. The zero-order valence-corrected chi connectivity index (χ0v) is 16.1. The molecule has 0 amide bonds. The van der Waals surface area contributed by atoms with Crippen LogP contribution in [0.4, 0.5) is 4.39 Å². The minimum atomic E-state index is -0.510. The number of benzene rings is 1. The quantitative estimate of drug-likeness (QED) is 0.771. The van der Waals surface area contributed by atoms with E-state index in [0.29, 0.717) is 12.1 Å². The molecule has 1 aromatic carbocycles. The topological polar surface area (TPSA) is 33.2 Å². The second-order valence-corrected chi connectivity index (χ2v) is 8.51. The Morgan fingerprint density at radius 3 is 2.85 bits per heavy atom. The van der Waals surface area contributed by atoms with Gasteiger partial charge in [-0.15, -0.1) is 11.3 Å². The summed E-state index contributed by atoms with van der Waals surface area (Å²) >= 11 is 6.29. The maximum atomic E-state index is 14.5. The maximum Gasteiger partial charge on any atom is 0.157 e. The third kappa shape index (κ3) is 3.77. The first kappa shape index (κ1) is 17.9. The van der Waals surface area contributed by atoms with Crippen molar-refractivity contribution in [3.63, 3.8) is 0 Å². The standard InChI is InChI=1S/C20H21FN2OS2/c21-16-4-2-1-3-15(16)19(20(24)13-5-6-13)23-9-7-17(25)14(12-23)11-18-22-8-10-26-18/h1-4,8,10-11,13,17,19,25H,5-7,9,12H2. The zero-order valence-electron chi connectivity index (χ0n) is 14.3. The number of halogens is 1. The van der Waals surface area contributed by atoms with Crippen LogP contribution < -0.4 is 0 Å². The number of ketones is 1. The van der Waals surface area contributed by atoms with Crippen molar-refractivity contribution in [3.05, 3.63) is 57.8 Å². The van der Waals surface area contributed by atoms with Crippen molar-refractivity contribution >= 4 is 35.8 Å². The van der Waals surface area contributed by atoms with Gasteiger partial charge in [-0.25, -0.2) is 9.37 Å². The summed E-state index contributed by atoms with van der Waals surface area (Å²) in [7, 11) is 0. The normalized spacial score (nSPS) is 23.9. The number of carbonyl (C=O) groups excluding carboxylic acids is 1. The smallest absolute Gasteiger partial charge is 0.157 e. The second-order valence-electron chi connectivity index (χ2n) is 6.97. The van der Waals surface area contributed by atoms with Gasteiger partial charge in [0.15, 0.2) is 5.78 Å². The molecule has 1 aliphatic carbocycles. The molecule has 0 radical (unpaired) electrons. The number of thiol groups is 1. The Labute approximate surface area is 162 Å². The predicted octanol–water partition coefficient (Wildman–Crippen LogP) is 4.39. The Morgan fingerprint density at radius 1 is 1.35 bits per heavy atom. The van der Waals surface area contributed by atoms with Gasteiger partial charge >= 0.3 is 0 Å². The second kappa shape index (κ2) is 7.62. The van der Waals surface area contributed by atoms with E-state index in [4.69, 9.17) is 12.6 Å². The number of rotatable bonds is 5. The Bertz CT molecular complexity index is 817. The van der Waals surface area contributed by atoms with Crippen molar-refractivity contribution in [1.29, 1.82) is 0 Å². The van der Waals surface area contributed by atoms with Crippen LogP contribution in [0.2, 0.25) is 0 Å². The van der Waals surface area contributed by atoms with Crippen molar-refractivity contribution in [2.45, 2.75) is 30.6 Å². The highest BCUT2D eigenvalue weighted by atomic mass is 32.1. The van der Waals surface area contributed by atoms with Crippen molar-refractivity contribution in [1.82, 2.24) is 9.88 Å². The van der Waals surface area contributed by atoms with Crippen LogP contribution in [-0.2, 0) is 4.79 Å². The van der Waals surface area contributed by atoms with E-state index in [0.717, 1.165) is 36.4 Å². The van der Waals surface area contributed by atoms with Gasteiger partial charge < -0.3 is 0 Å². The molecule has 2 fully saturated rings. The van der Waals surface area contributed by atoms with Gasteiger partial charge in [-0.2, -0.15) is 12.6 Å². The number of carbonyl (C=O) groups is 1. The molecule has 3 nitrogen and oxygen atoms in total. The first-order valence-corrected chi connectivity index (χ1v) is 10.3. The molecule has 1 saturated heterocycles. The van der Waals surface area contributed by atoms with Gasteiger partial charge in [0.05, 0.1) is 6.04 Å². The molecule has 6 heteroatoms. The highest BCUT2D eigenvalue weighted by Crippen LogP contribution is 2.39. The summed E-state index contributed by atoms with van der Waals surface area (Å²) in [5.41, 5.74) is 1.63. The Balaban J connectivity index is 1.65. The van der Waals surface area contributed by atoms with Gasteiger partial charge in [0.25, 0.3) is 0 Å². The lowest BCUT2D eigenvalue weighted by molar-refractivity contribution is -0.126. The van der Waals surface area contributed by atoms with Crippen LogP contribution in [-0.4, -0.2) is 34.0 Å². The Kier molecular flexibility index (Phi) is 5.25. The van der Waals surface area contributed by atoms with Crippen LogP contribution in [0, 0.1) is 11.7 Å². The number of thiazole rings is 1. The van der Waals surface area contributed by atoms with Crippen molar-refractivity contribution in [2.24, 2.45) is 5.92 Å². The number of nitrogens with zero attached hydrogens (tertiary/aromatic N) is 2. The van der Waals surface area contributed by atoms with Crippen LogP contribution in [0.3, 0.4) is 0 Å². The molecular formula is C20H21FN2OS2. The average molecular weight is 389 g/mol. The molecule has 1 aliphatic heterocycles. The molecule has 0 spiro atoms. The highest BCUT2D eigenvalue weighted by Gasteiger charge is 2.40. The summed E-state index contributed by atoms with van der Waals surface area (Å²) in [5, 5.41) is 3.03. The minimum Gasteiger partial charge on any atom is -0.297 e. The van der Waals surface area contributed by atoms with E-state index in [1.165, 1.54) is 6.07 Å². The maximum absolute atomic E-state index is 14.5. The number of likely N-dealkylation sites (tertiary alicyclic amines) is 1. The Hall–Kier alpha value is -1.50. The third-order valence-corrected chi connectivity index (χ3v) is 6.39. The predicted molar refractivity (Wildman–Crippen MR) is 106 cm³/mol. The van der Waals surface area contributed by atoms with Gasteiger partial charge in [-0.1, -0.05) is 18.2 Å². The molecule has 2 aromatic rings. The molecule has 136 valence electrons. The number of hydrogen-bond donors (Lipinski definition) is 1. The number of piperidine rings is 1. The van der Waals surface area contributed by atoms with E-state index in [-0.39, 0.29) is 22.8 Å². The highest BCUT2D eigenvalue weighted by molar-refractivity contribution is 7.81. The van der Waals surface area contributed by atoms with Crippen molar-refractivity contribution in [2.75, 3.05) is 13.1 Å². The van der Waals surface area contributed by atoms with E-state index < -0.39 is 6.04 Å². The monoisotopic (exact) mass is 388 g/mol. The number of hydrogen-bond acceptors (Lipinski definition) is 5. The van der Waals surface area contributed by atoms with Crippen molar-refractivity contribution in [3.8, 4) is 0 Å². The summed E-state index contributed by atoms with van der Waals surface area (Å²) in [6.07, 6.45) is 6.53. The van der Waals surface area contributed by atoms with Gasteiger partial charge in [0, 0.05) is 41.4 Å². The summed E-state index contributed by atoms with van der Waals surface area (Å²) in [6.45, 7) is 1.35. The fourth-order valence-electron chi connectivity index (χ4n) is 3.54. The first-order chi connectivity index (χ1) is 12.6. The van der Waals surface area contributed by atoms with E-state index in [9.17, 15) is 9.18 Å². The zero-order chi connectivity index (χ0) is 18.1. The molecule has 0 N–H and O–H groups in total. The van der Waals surface area contributed by atoms with E-state index in [2.05, 4.69) is 16.0 Å². The molecule has 1 aromatic heterocycles. The fourth-order valence-corrected chi connectivity index (χ4v) is 4.41. The molecule has 2 unspecified atom stereocenters. The van der Waals surface area contributed by atoms with Gasteiger partial charge in [0.1, 0.15) is 10.8 Å². The first-order valence-electron chi connectivity index (χ1n) is 8.93.